The molecule has 1 N–H and O–H groups in total. The second-order valence-electron chi connectivity index (χ2n) is 6.62. The van der Waals surface area contributed by atoms with Crippen molar-refractivity contribution in [3.05, 3.63) is 59.7 Å². The number of rotatable bonds is 7. The lowest BCUT2D eigenvalue weighted by molar-refractivity contribution is -0.122. The highest BCUT2D eigenvalue weighted by Crippen LogP contribution is 2.29. The monoisotopic (exact) mass is 407 g/mol. The molecule has 0 bridgehead atoms. The normalized spacial score (nSPS) is 15.4. The van der Waals surface area contributed by atoms with E-state index in [1.807, 2.05) is 25.1 Å². The Morgan fingerprint density at radius 3 is 2.33 bits per heavy atom. The Hall–Kier alpha value is -3.61. The zero-order valence-corrected chi connectivity index (χ0v) is 17.3. The summed E-state index contributed by atoms with van der Waals surface area (Å²) in [4.78, 5) is 40.9. The van der Waals surface area contributed by atoms with Crippen molar-refractivity contribution in [3.8, 4) is 5.75 Å². The number of amides is 4. The van der Waals surface area contributed by atoms with Gasteiger partial charge in [0, 0.05) is 30.4 Å². The molecule has 1 heterocycles. The fraction of sp³-hybridized carbons (Fsp3) is 0.261. The minimum Gasteiger partial charge on any atom is -0.493 e. The summed E-state index contributed by atoms with van der Waals surface area (Å²) in [7, 11) is 0. The highest BCUT2D eigenvalue weighted by molar-refractivity contribution is 6.39. The van der Waals surface area contributed by atoms with Gasteiger partial charge in [-0.15, -0.1) is 0 Å². The number of ether oxygens (including phenoxy) is 1. The summed E-state index contributed by atoms with van der Waals surface area (Å²) in [5.41, 5.74) is 1.84. The van der Waals surface area contributed by atoms with Gasteiger partial charge in [0.15, 0.2) is 0 Å². The molecule has 4 amide bonds. The van der Waals surface area contributed by atoms with Crippen molar-refractivity contribution < 1.29 is 19.1 Å². The molecule has 7 nitrogen and oxygen atoms in total. The second kappa shape index (κ2) is 9.26. The number of nitrogens with zero attached hydrogens (tertiary/aromatic N) is 2. The number of anilines is 2. The maximum Gasteiger partial charge on any atom is 0.335 e. The lowest BCUT2D eigenvalue weighted by Gasteiger charge is -2.26. The van der Waals surface area contributed by atoms with Crippen LogP contribution in [0.2, 0.25) is 0 Å². The molecule has 2 aromatic carbocycles. The Labute approximate surface area is 175 Å². The Morgan fingerprint density at radius 2 is 1.70 bits per heavy atom. The summed E-state index contributed by atoms with van der Waals surface area (Å²) in [6.45, 7) is 8.14. The number of barbiturate groups is 1. The van der Waals surface area contributed by atoms with Gasteiger partial charge >= 0.3 is 6.03 Å². The molecule has 0 spiro atoms. The molecule has 0 aliphatic carbocycles. The predicted octanol–water partition coefficient (Wildman–Crippen LogP) is 3.60. The average molecular weight is 407 g/mol. The summed E-state index contributed by atoms with van der Waals surface area (Å²) < 4.78 is 5.77. The highest BCUT2D eigenvalue weighted by atomic mass is 16.5. The number of carbonyl (C=O) groups is 3. The van der Waals surface area contributed by atoms with Gasteiger partial charge in [0.1, 0.15) is 11.3 Å². The quantitative estimate of drug-likeness (QED) is 0.560. The van der Waals surface area contributed by atoms with Crippen LogP contribution in [-0.2, 0) is 9.59 Å². The minimum atomic E-state index is -0.768. The van der Waals surface area contributed by atoms with Crippen LogP contribution in [0.25, 0.3) is 6.08 Å². The molecule has 1 aliphatic heterocycles. The van der Waals surface area contributed by atoms with Gasteiger partial charge < -0.3 is 9.64 Å². The van der Waals surface area contributed by atoms with Crippen molar-refractivity contribution in [2.24, 2.45) is 0 Å². The fourth-order valence-electron chi connectivity index (χ4n) is 3.33. The SMILES string of the molecule is CCOc1cc(N(CC)CC)ccc1/C=C1\C(=O)NC(=O)N(c2ccccc2)C1=O. The number of hydrogen-bond acceptors (Lipinski definition) is 5. The number of para-hydroxylation sites is 1. The highest BCUT2D eigenvalue weighted by Gasteiger charge is 2.36. The van der Waals surface area contributed by atoms with Gasteiger partial charge in [-0.25, -0.2) is 9.69 Å². The largest absolute Gasteiger partial charge is 0.493 e. The molecule has 156 valence electrons. The van der Waals surface area contributed by atoms with Crippen LogP contribution in [0.3, 0.4) is 0 Å². The minimum absolute atomic E-state index is 0.130. The van der Waals surface area contributed by atoms with Crippen molar-refractivity contribution in [2.75, 3.05) is 29.5 Å². The molecule has 3 rings (SSSR count). The van der Waals surface area contributed by atoms with E-state index in [9.17, 15) is 14.4 Å². The van der Waals surface area contributed by atoms with Crippen LogP contribution in [0.15, 0.2) is 54.1 Å². The molecular weight excluding hydrogens is 382 g/mol. The lowest BCUT2D eigenvalue weighted by atomic mass is 10.1. The zero-order valence-electron chi connectivity index (χ0n) is 17.3. The summed E-state index contributed by atoms with van der Waals surface area (Å²) in [5.74, 6) is -0.837. The molecule has 0 atom stereocenters. The van der Waals surface area contributed by atoms with Crippen molar-refractivity contribution >= 4 is 35.3 Å². The molecule has 30 heavy (non-hydrogen) atoms. The van der Waals surface area contributed by atoms with E-state index in [0.29, 0.717) is 23.6 Å². The van der Waals surface area contributed by atoms with Gasteiger partial charge in [-0.3, -0.25) is 14.9 Å². The first-order chi connectivity index (χ1) is 14.5. The van der Waals surface area contributed by atoms with Crippen LogP contribution >= 0.6 is 0 Å². The van der Waals surface area contributed by atoms with E-state index in [4.69, 9.17) is 4.74 Å². The molecule has 2 aromatic rings. The van der Waals surface area contributed by atoms with Gasteiger partial charge in [-0.1, -0.05) is 18.2 Å². The molecule has 1 aliphatic rings. The topological polar surface area (TPSA) is 79.0 Å². The Kier molecular flexibility index (Phi) is 6.51. The first-order valence-corrected chi connectivity index (χ1v) is 9.98. The van der Waals surface area contributed by atoms with Crippen molar-refractivity contribution in [1.29, 1.82) is 0 Å². The maximum atomic E-state index is 13.0. The van der Waals surface area contributed by atoms with E-state index >= 15 is 0 Å². The Balaban J connectivity index is 2.02. The van der Waals surface area contributed by atoms with Crippen LogP contribution in [-0.4, -0.2) is 37.5 Å². The summed E-state index contributed by atoms with van der Waals surface area (Å²) in [5, 5.41) is 2.24. The third-order valence-corrected chi connectivity index (χ3v) is 4.84. The average Bonchev–Trinajstić information content (AvgIpc) is 2.74. The first-order valence-electron chi connectivity index (χ1n) is 9.98. The number of carbonyl (C=O) groups excluding carboxylic acids is 3. The standard InChI is InChI=1S/C23H25N3O4/c1-4-25(5-2)18-13-12-16(20(15-18)30-6-3)14-19-21(27)24-23(29)26(22(19)28)17-10-8-7-9-11-17/h7-15H,4-6H2,1-3H3,(H,24,27,29)/b19-14+. The van der Waals surface area contributed by atoms with E-state index < -0.39 is 17.8 Å². The predicted molar refractivity (Wildman–Crippen MR) is 117 cm³/mol. The van der Waals surface area contributed by atoms with Gasteiger partial charge in [-0.05, 0) is 51.1 Å². The molecule has 1 fully saturated rings. The van der Waals surface area contributed by atoms with Gasteiger partial charge in [0.25, 0.3) is 11.8 Å². The zero-order chi connectivity index (χ0) is 21.7. The van der Waals surface area contributed by atoms with Gasteiger partial charge in [0.2, 0.25) is 0 Å². The second-order valence-corrected chi connectivity index (χ2v) is 6.62. The number of benzene rings is 2. The lowest BCUT2D eigenvalue weighted by Crippen LogP contribution is -2.54. The summed E-state index contributed by atoms with van der Waals surface area (Å²) >= 11 is 0. The molecule has 1 saturated heterocycles. The smallest absolute Gasteiger partial charge is 0.335 e. The molecule has 0 unspecified atom stereocenters. The summed E-state index contributed by atoms with van der Waals surface area (Å²) in [6.07, 6.45) is 1.47. The molecule has 0 aromatic heterocycles. The van der Waals surface area contributed by atoms with Crippen LogP contribution in [0, 0.1) is 0 Å². The third-order valence-electron chi connectivity index (χ3n) is 4.84. The number of imide groups is 2. The van der Waals surface area contributed by atoms with Crippen LogP contribution in [0.4, 0.5) is 16.2 Å². The fourth-order valence-corrected chi connectivity index (χ4v) is 3.33. The van der Waals surface area contributed by atoms with Crippen LogP contribution in [0.5, 0.6) is 5.75 Å². The van der Waals surface area contributed by atoms with E-state index in [1.165, 1.54) is 6.08 Å². The number of hydrogen-bond donors (Lipinski definition) is 1. The Bertz CT molecular complexity index is 981. The van der Waals surface area contributed by atoms with Crippen molar-refractivity contribution in [1.82, 2.24) is 5.32 Å². The first kappa shape index (κ1) is 21.1. The molecule has 0 radical (unpaired) electrons. The van der Waals surface area contributed by atoms with Crippen molar-refractivity contribution in [3.63, 3.8) is 0 Å². The third kappa shape index (κ3) is 4.20. The molecule has 7 heteroatoms. The van der Waals surface area contributed by atoms with Gasteiger partial charge in [0.05, 0.1) is 12.3 Å². The Morgan fingerprint density at radius 1 is 1.00 bits per heavy atom. The number of urea groups is 1. The number of nitrogens with one attached hydrogen (secondary N) is 1. The molecular formula is C23H25N3O4. The van der Waals surface area contributed by atoms with Crippen LogP contribution in [0.1, 0.15) is 26.3 Å². The van der Waals surface area contributed by atoms with E-state index in [0.717, 1.165) is 23.7 Å². The van der Waals surface area contributed by atoms with Crippen LogP contribution < -0.4 is 19.9 Å². The molecule has 0 saturated carbocycles. The van der Waals surface area contributed by atoms with E-state index in [1.54, 1.807) is 30.3 Å². The van der Waals surface area contributed by atoms with E-state index in [-0.39, 0.29) is 5.57 Å². The van der Waals surface area contributed by atoms with E-state index in [2.05, 4.69) is 24.1 Å². The maximum absolute atomic E-state index is 13.0. The van der Waals surface area contributed by atoms with Gasteiger partial charge in [-0.2, -0.15) is 0 Å². The summed E-state index contributed by atoms with van der Waals surface area (Å²) in [6, 6.07) is 13.4. The van der Waals surface area contributed by atoms with Crippen molar-refractivity contribution in [2.45, 2.75) is 20.8 Å².